The van der Waals surface area contributed by atoms with Gasteiger partial charge in [0, 0.05) is 12.0 Å². The van der Waals surface area contributed by atoms with Crippen molar-refractivity contribution in [3.63, 3.8) is 0 Å². The summed E-state index contributed by atoms with van der Waals surface area (Å²) in [6.45, 7) is -1.12. The maximum atomic E-state index is 13.3. The zero-order valence-electron chi connectivity index (χ0n) is 16.6. The van der Waals surface area contributed by atoms with Gasteiger partial charge in [0.05, 0.1) is 34.3 Å². The fourth-order valence-electron chi connectivity index (χ4n) is 5.03. The third kappa shape index (κ3) is 3.17. The molecule has 3 atom stereocenters. The monoisotopic (exact) mass is 499 g/mol. The molecule has 0 aromatic heterocycles. The Kier molecular flexibility index (Phi) is 5.15. The zero-order valence-corrected chi connectivity index (χ0v) is 18.2. The second kappa shape index (κ2) is 7.30. The summed E-state index contributed by atoms with van der Waals surface area (Å²) in [7, 11) is -4.96. The number of allylic oxidation sites excluding steroid dienone is 3. The Balaban J connectivity index is 1.99. The summed E-state index contributed by atoms with van der Waals surface area (Å²) in [5, 5.41) is 52.5. The number of aromatic hydroxyl groups is 1. The number of fused-ring (bicyclic) bond motifs is 3. The maximum absolute atomic E-state index is 13.3. The van der Waals surface area contributed by atoms with Crippen molar-refractivity contribution >= 4 is 39.5 Å². The van der Waals surface area contributed by atoms with Crippen LogP contribution >= 0.6 is 11.6 Å². The fourth-order valence-corrected chi connectivity index (χ4v) is 5.97. The molecule has 13 heteroatoms. The number of halogens is 1. The van der Waals surface area contributed by atoms with E-state index in [0.29, 0.717) is 0 Å². The number of primary amides is 1. The van der Waals surface area contributed by atoms with Crippen molar-refractivity contribution in [2.75, 3.05) is 6.61 Å². The molecule has 3 aliphatic rings. The van der Waals surface area contributed by atoms with E-state index < -0.39 is 84.7 Å². The normalized spacial score (nSPS) is 27.0. The average Bonchev–Trinajstić information content (AvgIpc) is 2.68. The first-order valence-electron chi connectivity index (χ1n) is 9.51. The van der Waals surface area contributed by atoms with Crippen LogP contribution in [-0.2, 0) is 14.9 Å². The molecule has 33 heavy (non-hydrogen) atoms. The molecular formula is C20H18ClNO10S. The van der Waals surface area contributed by atoms with Gasteiger partial charge in [0.2, 0.25) is 5.78 Å². The number of carbonyl (C=O) groups is 2. The number of hydrogen-bond donors (Lipinski definition) is 7. The Labute approximate surface area is 191 Å². The molecule has 1 amide bonds. The number of rotatable bonds is 3. The summed E-state index contributed by atoms with van der Waals surface area (Å²) in [4.78, 5) is 24.2. The van der Waals surface area contributed by atoms with Gasteiger partial charge in [-0.2, -0.15) is 8.42 Å². The molecule has 0 saturated carbocycles. The average molecular weight is 500 g/mol. The summed E-state index contributed by atoms with van der Waals surface area (Å²) in [5.74, 6) is -6.87. The van der Waals surface area contributed by atoms with Gasteiger partial charge in [0.1, 0.15) is 27.8 Å². The second-order valence-corrected chi connectivity index (χ2v) is 9.94. The van der Waals surface area contributed by atoms with Gasteiger partial charge in [-0.1, -0.05) is 11.6 Å². The van der Waals surface area contributed by atoms with Crippen LogP contribution in [0, 0.1) is 11.8 Å². The highest BCUT2D eigenvalue weighted by molar-refractivity contribution is 7.86. The van der Waals surface area contributed by atoms with Gasteiger partial charge >= 0.3 is 0 Å². The minimum absolute atomic E-state index is 0.0230. The van der Waals surface area contributed by atoms with Crippen LogP contribution in [0.25, 0.3) is 6.08 Å². The number of carbonyl (C=O) groups excluding carboxylic acids is 2. The van der Waals surface area contributed by atoms with Crippen LogP contribution in [0.15, 0.2) is 39.2 Å². The van der Waals surface area contributed by atoms with Crippen molar-refractivity contribution in [2.45, 2.75) is 23.3 Å². The summed E-state index contributed by atoms with van der Waals surface area (Å²) in [6, 6.07) is 0.772. The summed E-state index contributed by atoms with van der Waals surface area (Å²) in [5.41, 5.74) is 1.20. The van der Waals surface area contributed by atoms with Crippen LogP contribution in [0.1, 0.15) is 28.8 Å². The Bertz CT molecular complexity index is 1340. The van der Waals surface area contributed by atoms with Crippen LogP contribution < -0.4 is 5.73 Å². The molecule has 0 fully saturated rings. The largest absolute Gasteiger partial charge is 0.512 e. The predicted octanol–water partition coefficient (Wildman–Crippen LogP) is 0.745. The van der Waals surface area contributed by atoms with E-state index in [0.717, 1.165) is 6.07 Å². The highest BCUT2D eigenvalue weighted by Crippen LogP contribution is 2.53. The lowest BCUT2D eigenvalue weighted by molar-refractivity contribution is -0.122. The topological polar surface area (TPSA) is 216 Å². The number of phenolic OH excluding ortho intramolecular Hbond substituents is 1. The highest BCUT2D eigenvalue weighted by Gasteiger charge is 2.56. The van der Waals surface area contributed by atoms with Crippen molar-refractivity contribution < 1.29 is 48.1 Å². The number of ketones is 1. The summed E-state index contributed by atoms with van der Waals surface area (Å²) < 4.78 is 32.6. The lowest BCUT2D eigenvalue weighted by Gasteiger charge is -2.47. The van der Waals surface area contributed by atoms with Gasteiger partial charge in [-0.3, -0.25) is 14.1 Å². The van der Waals surface area contributed by atoms with Crippen LogP contribution in [0.3, 0.4) is 0 Å². The van der Waals surface area contributed by atoms with Gasteiger partial charge in [0.25, 0.3) is 16.0 Å². The molecule has 0 bridgehead atoms. The Morgan fingerprint density at radius 3 is 2.42 bits per heavy atom. The van der Waals surface area contributed by atoms with Gasteiger partial charge in [-0.25, -0.2) is 0 Å². The first kappa shape index (κ1) is 23.3. The quantitative estimate of drug-likeness (QED) is 0.289. The lowest BCUT2D eigenvalue weighted by atomic mass is 9.60. The Morgan fingerprint density at radius 1 is 1.24 bits per heavy atom. The third-order valence-electron chi connectivity index (χ3n) is 6.31. The van der Waals surface area contributed by atoms with E-state index in [9.17, 15) is 48.1 Å². The molecule has 0 spiro atoms. The number of aliphatic hydroxyl groups excluding tert-OH is 3. The smallest absolute Gasteiger partial charge is 0.298 e. The molecule has 0 radical (unpaired) electrons. The molecule has 176 valence electrons. The van der Waals surface area contributed by atoms with Gasteiger partial charge < -0.3 is 31.3 Å². The van der Waals surface area contributed by atoms with Crippen molar-refractivity contribution in [3.05, 3.63) is 50.5 Å². The molecule has 11 nitrogen and oxygen atoms in total. The first-order chi connectivity index (χ1) is 15.2. The molecular weight excluding hydrogens is 482 g/mol. The molecule has 3 unspecified atom stereocenters. The summed E-state index contributed by atoms with van der Waals surface area (Å²) in [6.07, 6.45) is 1.10. The summed E-state index contributed by atoms with van der Waals surface area (Å²) >= 11 is 6.11. The Hall–Kier alpha value is -2.90. The molecule has 8 N–H and O–H groups in total. The van der Waals surface area contributed by atoms with Crippen LogP contribution in [0.4, 0.5) is 0 Å². The second-order valence-electron chi connectivity index (χ2n) is 8.14. The van der Waals surface area contributed by atoms with Crippen LogP contribution in [0.2, 0.25) is 5.02 Å². The maximum Gasteiger partial charge on any atom is 0.298 e. The van der Waals surface area contributed by atoms with Crippen LogP contribution in [-0.4, -0.2) is 62.4 Å². The number of phenols is 1. The molecule has 1 aromatic rings. The van der Waals surface area contributed by atoms with Gasteiger partial charge in [0.15, 0.2) is 0 Å². The van der Waals surface area contributed by atoms with E-state index in [-0.39, 0.29) is 29.0 Å². The SMILES string of the molecule is NC(=O)C1=C(O)CC2CC3=Cc4c(Cl)cc(S(=O)(=O)O)c(O)c4C(=O)C3=C(O)C2C1(O)CO. The van der Waals surface area contributed by atoms with Crippen molar-refractivity contribution in [3.8, 4) is 5.75 Å². The lowest BCUT2D eigenvalue weighted by Crippen LogP contribution is -2.55. The van der Waals surface area contributed by atoms with E-state index in [4.69, 9.17) is 17.3 Å². The fraction of sp³-hybridized carbons (Fsp3) is 0.300. The number of benzene rings is 1. The molecule has 1 aromatic carbocycles. The Morgan fingerprint density at radius 2 is 1.88 bits per heavy atom. The molecule has 0 aliphatic heterocycles. The number of nitrogens with two attached hydrogens (primary N) is 1. The molecule has 4 rings (SSSR count). The zero-order chi connectivity index (χ0) is 24.6. The van der Waals surface area contributed by atoms with E-state index in [1.165, 1.54) is 6.08 Å². The minimum Gasteiger partial charge on any atom is -0.512 e. The number of amides is 1. The number of hydrogen-bond acceptors (Lipinski definition) is 9. The predicted molar refractivity (Wildman–Crippen MR) is 112 cm³/mol. The van der Waals surface area contributed by atoms with Gasteiger partial charge in [-0.15, -0.1) is 0 Å². The van der Waals surface area contributed by atoms with E-state index in [1.54, 1.807) is 0 Å². The van der Waals surface area contributed by atoms with Crippen molar-refractivity contribution in [1.29, 1.82) is 0 Å². The van der Waals surface area contributed by atoms with Crippen molar-refractivity contribution in [1.82, 2.24) is 0 Å². The minimum atomic E-state index is -4.96. The third-order valence-corrected chi connectivity index (χ3v) is 7.49. The highest BCUT2D eigenvalue weighted by atomic mass is 35.5. The standard InChI is InChI=1S/C20H18ClNO10S/c21-9-4-11(33(30,31)32)16(25)13-8(9)2-6-1-7-3-10(24)15(19(22)28)20(29,5-23)14(7)18(27)12(6)17(13)26/h2,4,7,14,23-25,27,29H,1,3,5H2,(H2,22,28)(H,30,31,32). The first-order valence-corrected chi connectivity index (χ1v) is 11.3. The van der Waals surface area contributed by atoms with Crippen molar-refractivity contribution in [2.24, 2.45) is 17.6 Å². The van der Waals surface area contributed by atoms with Gasteiger partial charge in [-0.05, 0) is 30.1 Å². The molecule has 0 heterocycles. The molecule has 3 aliphatic carbocycles. The molecule has 0 saturated heterocycles. The number of Topliss-reactive ketones (excluding diaryl/α,β-unsaturated/α-hetero) is 1. The van der Waals surface area contributed by atoms with Crippen LogP contribution in [0.5, 0.6) is 5.75 Å². The number of aliphatic hydroxyl groups is 4. The van der Waals surface area contributed by atoms with E-state index in [1.807, 2.05) is 0 Å². The van der Waals surface area contributed by atoms with E-state index in [2.05, 4.69) is 0 Å². The van der Waals surface area contributed by atoms with E-state index >= 15 is 0 Å².